The van der Waals surface area contributed by atoms with Gasteiger partial charge in [-0.25, -0.2) is 0 Å². The molecule has 0 radical (unpaired) electrons. The molecule has 2 aliphatic rings. The van der Waals surface area contributed by atoms with Crippen molar-refractivity contribution < 1.29 is 4.79 Å². The van der Waals surface area contributed by atoms with Crippen LogP contribution in [0.15, 0.2) is 23.3 Å². The first-order valence-electron chi connectivity index (χ1n) is 7.29. The Bertz CT molecular complexity index is 443. The molecule has 0 aromatic carbocycles. The molecule has 0 spiro atoms. The first-order chi connectivity index (χ1) is 8.60. The second-order valence-corrected chi connectivity index (χ2v) is 7.95. The standard InChI is InChI=1S/C17H27NO/c1-16(2,3)14-10-12-8-7-9-13(12)11-18(15(14)19)17(4,5)6/h7-8,14H,9-11H2,1-6H3. The van der Waals surface area contributed by atoms with Gasteiger partial charge in [0.15, 0.2) is 0 Å². The molecule has 0 bridgehead atoms. The molecule has 2 nitrogen and oxygen atoms in total. The molecule has 1 amide bonds. The van der Waals surface area contributed by atoms with Crippen LogP contribution in [0.4, 0.5) is 0 Å². The summed E-state index contributed by atoms with van der Waals surface area (Å²) in [4.78, 5) is 15.0. The summed E-state index contributed by atoms with van der Waals surface area (Å²) in [6, 6.07) is 0. The molecule has 1 atom stereocenters. The Labute approximate surface area is 117 Å². The third kappa shape index (κ3) is 2.77. The third-order valence-electron chi connectivity index (χ3n) is 4.33. The number of carbonyl (C=O) groups is 1. The van der Waals surface area contributed by atoms with Gasteiger partial charge in [0.1, 0.15) is 0 Å². The van der Waals surface area contributed by atoms with Crippen molar-refractivity contribution >= 4 is 5.91 Å². The van der Waals surface area contributed by atoms with E-state index in [4.69, 9.17) is 0 Å². The van der Waals surface area contributed by atoms with E-state index >= 15 is 0 Å². The van der Waals surface area contributed by atoms with Crippen molar-refractivity contribution in [1.29, 1.82) is 0 Å². The summed E-state index contributed by atoms with van der Waals surface area (Å²) in [6.45, 7) is 13.8. The zero-order chi connectivity index (χ0) is 14.4. The molecule has 1 aliphatic carbocycles. The topological polar surface area (TPSA) is 20.3 Å². The molecule has 2 heteroatoms. The predicted octanol–water partition coefficient (Wildman–Crippen LogP) is 3.94. The van der Waals surface area contributed by atoms with Gasteiger partial charge in [-0.15, -0.1) is 0 Å². The first kappa shape index (κ1) is 14.4. The van der Waals surface area contributed by atoms with Crippen LogP contribution in [0.3, 0.4) is 0 Å². The van der Waals surface area contributed by atoms with Crippen LogP contribution in [0.25, 0.3) is 0 Å². The lowest BCUT2D eigenvalue weighted by Crippen LogP contribution is -2.50. The molecular formula is C17H27NO. The second-order valence-electron chi connectivity index (χ2n) is 7.95. The number of hydrogen-bond donors (Lipinski definition) is 0. The lowest BCUT2D eigenvalue weighted by Gasteiger charge is -2.40. The van der Waals surface area contributed by atoms with E-state index in [9.17, 15) is 4.79 Å². The molecule has 0 aromatic heterocycles. The van der Waals surface area contributed by atoms with Crippen molar-refractivity contribution in [1.82, 2.24) is 4.90 Å². The van der Waals surface area contributed by atoms with Gasteiger partial charge < -0.3 is 4.90 Å². The van der Waals surface area contributed by atoms with Gasteiger partial charge in [-0.05, 0) is 50.2 Å². The van der Waals surface area contributed by atoms with Crippen LogP contribution in [0, 0.1) is 11.3 Å². The van der Waals surface area contributed by atoms with Crippen LogP contribution in [0.1, 0.15) is 54.4 Å². The molecule has 2 rings (SSSR count). The molecule has 0 fully saturated rings. The summed E-state index contributed by atoms with van der Waals surface area (Å²) in [5.41, 5.74) is 2.75. The van der Waals surface area contributed by atoms with E-state index < -0.39 is 0 Å². The Morgan fingerprint density at radius 3 is 2.32 bits per heavy atom. The number of nitrogens with zero attached hydrogens (tertiary/aromatic N) is 1. The van der Waals surface area contributed by atoms with Gasteiger partial charge in [-0.2, -0.15) is 0 Å². The highest BCUT2D eigenvalue weighted by Crippen LogP contribution is 2.40. The van der Waals surface area contributed by atoms with Crippen LogP contribution in [-0.2, 0) is 4.79 Å². The Morgan fingerprint density at radius 1 is 1.16 bits per heavy atom. The molecule has 1 heterocycles. The van der Waals surface area contributed by atoms with Gasteiger partial charge in [0.2, 0.25) is 5.91 Å². The predicted molar refractivity (Wildman–Crippen MR) is 79.8 cm³/mol. The number of rotatable bonds is 0. The minimum atomic E-state index is -0.106. The minimum Gasteiger partial charge on any atom is -0.334 e. The number of allylic oxidation sites excluding steroid dienone is 3. The number of carbonyl (C=O) groups excluding carboxylic acids is 1. The summed E-state index contributed by atoms with van der Waals surface area (Å²) in [7, 11) is 0. The highest BCUT2D eigenvalue weighted by Gasteiger charge is 2.41. The first-order valence-corrected chi connectivity index (χ1v) is 7.29. The van der Waals surface area contributed by atoms with Crippen LogP contribution < -0.4 is 0 Å². The van der Waals surface area contributed by atoms with Crippen molar-refractivity contribution in [2.24, 2.45) is 11.3 Å². The average Bonchev–Trinajstić information content (AvgIpc) is 2.60. The van der Waals surface area contributed by atoms with Crippen molar-refractivity contribution in [3.05, 3.63) is 23.3 Å². The van der Waals surface area contributed by atoms with Gasteiger partial charge in [0, 0.05) is 18.0 Å². The molecular weight excluding hydrogens is 234 g/mol. The molecule has 19 heavy (non-hydrogen) atoms. The van der Waals surface area contributed by atoms with Crippen molar-refractivity contribution in [2.45, 2.75) is 59.9 Å². The molecule has 1 unspecified atom stereocenters. The normalized spacial score (nSPS) is 24.8. The van der Waals surface area contributed by atoms with Gasteiger partial charge in [0.05, 0.1) is 0 Å². The van der Waals surface area contributed by atoms with E-state index in [1.807, 2.05) is 0 Å². The van der Waals surface area contributed by atoms with Crippen LogP contribution in [-0.4, -0.2) is 22.9 Å². The summed E-state index contributed by atoms with van der Waals surface area (Å²) in [5, 5.41) is 0. The van der Waals surface area contributed by atoms with Gasteiger partial charge >= 0.3 is 0 Å². The van der Waals surface area contributed by atoms with Crippen LogP contribution >= 0.6 is 0 Å². The lowest BCUT2D eigenvalue weighted by molar-refractivity contribution is -0.142. The fourth-order valence-corrected chi connectivity index (χ4v) is 2.98. The molecule has 0 saturated heterocycles. The van der Waals surface area contributed by atoms with E-state index in [0.717, 1.165) is 19.4 Å². The summed E-state index contributed by atoms with van der Waals surface area (Å²) < 4.78 is 0. The lowest BCUT2D eigenvalue weighted by atomic mass is 9.76. The highest BCUT2D eigenvalue weighted by atomic mass is 16.2. The molecule has 106 valence electrons. The Balaban J connectivity index is 2.41. The molecule has 0 saturated carbocycles. The van der Waals surface area contributed by atoms with Gasteiger partial charge in [-0.3, -0.25) is 4.79 Å². The smallest absolute Gasteiger partial charge is 0.227 e. The van der Waals surface area contributed by atoms with Gasteiger partial charge in [0.25, 0.3) is 0 Å². The van der Waals surface area contributed by atoms with Crippen LogP contribution in [0.2, 0.25) is 0 Å². The molecule has 1 aliphatic heterocycles. The molecule has 0 aromatic rings. The van der Waals surface area contributed by atoms with Crippen molar-refractivity contribution in [3.8, 4) is 0 Å². The summed E-state index contributed by atoms with van der Waals surface area (Å²) >= 11 is 0. The monoisotopic (exact) mass is 261 g/mol. The maximum Gasteiger partial charge on any atom is 0.227 e. The Kier molecular flexibility index (Phi) is 3.40. The average molecular weight is 261 g/mol. The number of amides is 1. The maximum absolute atomic E-state index is 12.9. The zero-order valence-electron chi connectivity index (χ0n) is 13.2. The van der Waals surface area contributed by atoms with Crippen molar-refractivity contribution in [2.75, 3.05) is 6.54 Å². The van der Waals surface area contributed by atoms with Crippen molar-refractivity contribution in [3.63, 3.8) is 0 Å². The summed E-state index contributed by atoms with van der Waals surface area (Å²) in [6.07, 6.45) is 6.39. The Hall–Kier alpha value is -1.05. The zero-order valence-corrected chi connectivity index (χ0v) is 13.2. The Morgan fingerprint density at radius 2 is 1.79 bits per heavy atom. The fourth-order valence-electron chi connectivity index (χ4n) is 2.98. The van der Waals surface area contributed by atoms with E-state index in [1.54, 1.807) is 0 Å². The minimum absolute atomic E-state index is 0.0134. The van der Waals surface area contributed by atoms with E-state index in [-0.39, 0.29) is 16.9 Å². The second kappa shape index (κ2) is 4.50. The number of hydrogen-bond acceptors (Lipinski definition) is 1. The maximum atomic E-state index is 12.9. The largest absolute Gasteiger partial charge is 0.334 e. The van der Waals surface area contributed by atoms with Gasteiger partial charge in [-0.1, -0.05) is 32.9 Å². The fraction of sp³-hybridized carbons (Fsp3) is 0.706. The SMILES string of the molecule is CC(C)(C)C1CC2=C(CC=C2)CN(C(C)(C)C)C1=O. The van der Waals surface area contributed by atoms with E-state index in [1.165, 1.54) is 11.1 Å². The third-order valence-corrected chi connectivity index (χ3v) is 4.33. The summed E-state index contributed by atoms with van der Waals surface area (Å²) in [5.74, 6) is 0.407. The van der Waals surface area contributed by atoms with Crippen LogP contribution in [0.5, 0.6) is 0 Å². The molecule has 0 N–H and O–H groups in total. The highest BCUT2D eigenvalue weighted by molar-refractivity contribution is 5.82. The van der Waals surface area contributed by atoms with E-state index in [0.29, 0.717) is 5.91 Å². The van der Waals surface area contributed by atoms with E-state index in [2.05, 4.69) is 58.6 Å². The quantitative estimate of drug-likeness (QED) is 0.647.